The van der Waals surface area contributed by atoms with Crippen LogP contribution in [0.5, 0.6) is 0 Å². The van der Waals surface area contributed by atoms with Gasteiger partial charge in [0.1, 0.15) is 5.82 Å². The van der Waals surface area contributed by atoms with Crippen LogP contribution in [0.2, 0.25) is 0 Å². The minimum atomic E-state index is -2.00. The normalized spacial score (nSPS) is 16.6. The van der Waals surface area contributed by atoms with E-state index in [0.717, 1.165) is 6.07 Å². The molecule has 1 aromatic rings. The Labute approximate surface area is 117 Å². The third-order valence-corrected chi connectivity index (χ3v) is 3.15. The van der Waals surface area contributed by atoms with Gasteiger partial charge >= 0.3 is 0 Å². The number of Topliss-reactive ketones (excluding diaryl/α,β-unsaturated/α-hetero) is 1. The molecule has 0 bridgehead atoms. The highest BCUT2D eigenvalue weighted by Crippen LogP contribution is 2.29. The lowest BCUT2D eigenvalue weighted by Gasteiger charge is -2.28. The summed E-state index contributed by atoms with van der Waals surface area (Å²) in [5, 5.41) is 11.6. The molecule has 1 aliphatic rings. The quantitative estimate of drug-likeness (QED) is 0.847. The van der Waals surface area contributed by atoms with E-state index in [9.17, 15) is 13.6 Å². The molecule has 2 rings (SSSR count). The summed E-state index contributed by atoms with van der Waals surface area (Å²) < 4.78 is 28.1. The van der Waals surface area contributed by atoms with Crippen molar-refractivity contribution in [2.24, 2.45) is 0 Å². The molecule has 0 spiro atoms. The fourth-order valence-corrected chi connectivity index (χ4v) is 2.06. The van der Waals surface area contributed by atoms with Gasteiger partial charge in [0, 0.05) is 12.8 Å². The van der Waals surface area contributed by atoms with Crippen LogP contribution >= 0.6 is 0 Å². The van der Waals surface area contributed by atoms with Crippen LogP contribution in [-0.2, 0) is 0 Å². The largest absolute Gasteiger partial charge is 0.316 e. The van der Waals surface area contributed by atoms with Crippen LogP contribution in [0.15, 0.2) is 18.2 Å². The number of rotatable bonds is 2. The third kappa shape index (κ3) is 3.40. The van der Waals surface area contributed by atoms with Gasteiger partial charge in [-0.1, -0.05) is 13.8 Å². The van der Waals surface area contributed by atoms with Gasteiger partial charge in [-0.2, -0.15) is 5.26 Å². The van der Waals surface area contributed by atoms with Gasteiger partial charge in [0.25, 0.3) is 0 Å². The molecule has 108 valence electrons. The topological polar surface area (TPSA) is 52.9 Å². The van der Waals surface area contributed by atoms with Crippen LogP contribution in [0.1, 0.15) is 42.6 Å². The highest BCUT2D eigenvalue weighted by Gasteiger charge is 2.41. The highest BCUT2D eigenvalue weighted by molar-refractivity contribution is 6.02. The molecular formula is C15H18F2N2O. The Kier molecular flexibility index (Phi) is 5.78. The summed E-state index contributed by atoms with van der Waals surface area (Å²) >= 11 is 0. The van der Waals surface area contributed by atoms with E-state index in [1.165, 1.54) is 12.1 Å². The van der Waals surface area contributed by atoms with Gasteiger partial charge in [0.15, 0.2) is 5.67 Å². The van der Waals surface area contributed by atoms with E-state index >= 15 is 0 Å². The van der Waals surface area contributed by atoms with E-state index in [1.807, 2.05) is 13.8 Å². The van der Waals surface area contributed by atoms with Crippen LogP contribution in [-0.4, -0.2) is 24.5 Å². The van der Waals surface area contributed by atoms with Gasteiger partial charge in [-0.25, -0.2) is 8.78 Å². The molecule has 0 aromatic heterocycles. The molecule has 0 amide bonds. The van der Waals surface area contributed by atoms with Gasteiger partial charge in [0.05, 0.1) is 17.2 Å². The Balaban J connectivity index is 0.000000956. The van der Waals surface area contributed by atoms with Gasteiger partial charge in [-0.05, 0) is 31.3 Å². The molecule has 20 heavy (non-hydrogen) atoms. The van der Waals surface area contributed by atoms with Gasteiger partial charge in [-0.3, -0.25) is 4.79 Å². The smallest absolute Gasteiger partial charge is 0.203 e. The van der Waals surface area contributed by atoms with Crippen LogP contribution in [0.4, 0.5) is 8.78 Å². The number of nitrogens with zero attached hydrogens (tertiary/aromatic N) is 1. The summed E-state index contributed by atoms with van der Waals surface area (Å²) in [7, 11) is 0. The first kappa shape index (κ1) is 16.3. The predicted octanol–water partition coefficient (Wildman–Crippen LogP) is 3.00. The summed E-state index contributed by atoms with van der Waals surface area (Å²) in [6, 6.07) is 5.22. The SMILES string of the molecule is CC.N#Cc1ccc(C(=O)C2(F)CCNCC2)c(F)c1. The minimum absolute atomic E-state index is 0.0469. The summed E-state index contributed by atoms with van der Waals surface area (Å²) in [4.78, 5) is 12.0. The monoisotopic (exact) mass is 280 g/mol. The maximum absolute atomic E-state index is 14.4. The molecule has 1 heterocycles. The van der Waals surface area contributed by atoms with E-state index in [1.54, 1.807) is 6.07 Å². The lowest BCUT2D eigenvalue weighted by Crippen LogP contribution is -2.44. The van der Waals surface area contributed by atoms with Crippen molar-refractivity contribution >= 4 is 5.78 Å². The number of nitriles is 1. The number of piperidine rings is 1. The van der Waals surface area contributed by atoms with E-state index in [2.05, 4.69) is 5.32 Å². The van der Waals surface area contributed by atoms with Crippen molar-refractivity contribution in [3.63, 3.8) is 0 Å². The maximum atomic E-state index is 14.4. The fraction of sp³-hybridized carbons (Fsp3) is 0.467. The zero-order valence-corrected chi connectivity index (χ0v) is 11.7. The minimum Gasteiger partial charge on any atom is -0.316 e. The van der Waals surface area contributed by atoms with E-state index in [-0.39, 0.29) is 24.0 Å². The number of hydrogen-bond donors (Lipinski definition) is 1. The molecule has 0 atom stereocenters. The number of nitrogens with one attached hydrogen (secondary N) is 1. The average Bonchev–Trinajstić information content (AvgIpc) is 2.49. The van der Waals surface area contributed by atoms with Crippen molar-refractivity contribution in [3.05, 3.63) is 35.1 Å². The lowest BCUT2D eigenvalue weighted by atomic mass is 9.86. The molecule has 0 saturated carbocycles. The Morgan fingerprint density at radius 3 is 2.45 bits per heavy atom. The standard InChI is InChI=1S/C13H12F2N2O.C2H6/c14-11-7-9(8-16)1-2-10(11)12(18)13(15)3-5-17-6-4-13;1-2/h1-2,7,17H,3-6H2;1-2H3. The second-order valence-electron chi connectivity index (χ2n) is 4.35. The maximum Gasteiger partial charge on any atom is 0.203 e. The van der Waals surface area contributed by atoms with Crippen molar-refractivity contribution < 1.29 is 13.6 Å². The molecule has 0 unspecified atom stereocenters. The predicted molar refractivity (Wildman–Crippen MR) is 72.7 cm³/mol. The Hall–Kier alpha value is -1.80. The first-order valence-electron chi connectivity index (χ1n) is 6.71. The van der Waals surface area contributed by atoms with Crippen LogP contribution in [0.25, 0.3) is 0 Å². The van der Waals surface area contributed by atoms with E-state index in [0.29, 0.717) is 13.1 Å². The van der Waals surface area contributed by atoms with Gasteiger partial charge < -0.3 is 5.32 Å². The summed E-state index contributed by atoms with van der Waals surface area (Å²) in [6.45, 7) is 4.81. The first-order chi connectivity index (χ1) is 9.57. The van der Waals surface area contributed by atoms with Crippen LogP contribution in [0, 0.1) is 17.1 Å². The second kappa shape index (κ2) is 7.11. The molecule has 1 aromatic carbocycles. The number of alkyl halides is 1. The molecule has 0 radical (unpaired) electrons. The van der Waals surface area contributed by atoms with Crippen molar-refractivity contribution in [3.8, 4) is 6.07 Å². The fourth-order valence-electron chi connectivity index (χ4n) is 2.06. The first-order valence-corrected chi connectivity index (χ1v) is 6.71. The number of ketones is 1. The average molecular weight is 280 g/mol. The highest BCUT2D eigenvalue weighted by atomic mass is 19.1. The van der Waals surface area contributed by atoms with E-state index in [4.69, 9.17) is 5.26 Å². The number of halogens is 2. The van der Waals surface area contributed by atoms with Gasteiger partial charge in [-0.15, -0.1) is 0 Å². The summed E-state index contributed by atoms with van der Waals surface area (Å²) in [5.41, 5.74) is -2.17. The van der Waals surface area contributed by atoms with Crippen LogP contribution < -0.4 is 5.32 Å². The van der Waals surface area contributed by atoms with E-state index < -0.39 is 17.3 Å². The molecular weight excluding hydrogens is 262 g/mol. The Bertz CT molecular complexity index is 517. The molecule has 1 aliphatic heterocycles. The molecule has 1 fully saturated rings. The number of carbonyl (C=O) groups excluding carboxylic acids is 1. The van der Waals surface area contributed by atoms with Crippen LogP contribution in [0.3, 0.4) is 0 Å². The van der Waals surface area contributed by atoms with Crippen molar-refractivity contribution in [2.45, 2.75) is 32.4 Å². The zero-order valence-electron chi connectivity index (χ0n) is 11.7. The van der Waals surface area contributed by atoms with Crippen molar-refractivity contribution in [1.82, 2.24) is 5.32 Å². The third-order valence-electron chi connectivity index (χ3n) is 3.15. The Morgan fingerprint density at radius 1 is 1.35 bits per heavy atom. The van der Waals surface area contributed by atoms with Crippen molar-refractivity contribution in [1.29, 1.82) is 5.26 Å². The zero-order chi connectivity index (χ0) is 15.2. The number of benzene rings is 1. The number of carbonyl (C=O) groups is 1. The second-order valence-corrected chi connectivity index (χ2v) is 4.35. The molecule has 3 nitrogen and oxygen atoms in total. The molecule has 0 aliphatic carbocycles. The lowest BCUT2D eigenvalue weighted by molar-refractivity contribution is 0.0587. The Morgan fingerprint density at radius 2 is 1.95 bits per heavy atom. The molecule has 1 N–H and O–H groups in total. The van der Waals surface area contributed by atoms with Gasteiger partial charge in [0.2, 0.25) is 5.78 Å². The van der Waals surface area contributed by atoms with Crippen molar-refractivity contribution in [2.75, 3.05) is 13.1 Å². The molecule has 5 heteroatoms. The summed E-state index contributed by atoms with van der Waals surface area (Å²) in [6.07, 6.45) is 0.0938. The number of hydrogen-bond acceptors (Lipinski definition) is 3. The summed E-state index contributed by atoms with van der Waals surface area (Å²) in [5.74, 6) is -1.67. The molecule has 1 saturated heterocycles.